The van der Waals surface area contributed by atoms with Crippen LogP contribution in [0.3, 0.4) is 0 Å². The molecule has 0 radical (unpaired) electrons. The summed E-state index contributed by atoms with van der Waals surface area (Å²) in [4.78, 5) is 18.0. The SMILES string of the molecule is O=C(NCC(F)(F)F)c1cc(-c2cnn3cc(-c4ccc(OCC[NH+]5CC[C@H](F)C5)cc4)cnc23)cs1. The van der Waals surface area contributed by atoms with Crippen molar-refractivity contribution in [1.82, 2.24) is 19.9 Å². The Morgan fingerprint density at radius 1 is 1.19 bits per heavy atom. The number of halogens is 4. The van der Waals surface area contributed by atoms with Crippen LogP contribution in [-0.4, -0.2) is 65.6 Å². The smallest absolute Gasteiger partial charge is 0.405 e. The third-order valence-electron chi connectivity index (χ3n) is 6.17. The predicted octanol–water partition coefficient (Wildman–Crippen LogP) is 3.42. The number of thiophene rings is 1. The number of nitrogens with zero attached hydrogens (tertiary/aromatic N) is 3. The van der Waals surface area contributed by atoms with Gasteiger partial charge < -0.3 is 15.0 Å². The fourth-order valence-electron chi connectivity index (χ4n) is 4.25. The number of likely N-dealkylation sites (tertiary alicyclic amines) is 1. The number of hydrogen-bond donors (Lipinski definition) is 2. The van der Waals surface area contributed by atoms with E-state index in [1.165, 1.54) is 11.0 Å². The highest BCUT2D eigenvalue weighted by Gasteiger charge is 2.28. The molecule has 5 rings (SSSR count). The van der Waals surface area contributed by atoms with Crippen molar-refractivity contribution >= 4 is 22.9 Å². The van der Waals surface area contributed by atoms with Crippen molar-refractivity contribution in [3.8, 4) is 28.0 Å². The van der Waals surface area contributed by atoms with Crippen molar-refractivity contribution in [3.63, 3.8) is 0 Å². The van der Waals surface area contributed by atoms with Crippen LogP contribution >= 0.6 is 11.3 Å². The zero-order valence-electron chi connectivity index (χ0n) is 19.6. The van der Waals surface area contributed by atoms with Gasteiger partial charge in [-0.2, -0.15) is 18.3 Å². The minimum Gasteiger partial charge on any atom is -0.488 e. The van der Waals surface area contributed by atoms with E-state index in [0.717, 1.165) is 41.3 Å². The molecule has 3 aromatic heterocycles. The molecule has 4 aromatic rings. The predicted molar refractivity (Wildman–Crippen MR) is 131 cm³/mol. The first kappa shape index (κ1) is 25.2. The first-order valence-corrected chi connectivity index (χ1v) is 12.6. The van der Waals surface area contributed by atoms with Crippen LogP contribution < -0.4 is 15.0 Å². The van der Waals surface area contributed by atoms with E-state index < -0.39 is 24.8 Å². The second-order valence-corrected chi connectivity index (χ2v) is 9.79. The van der Waals surface area contributed by atoms with Crippen molar-refractivity contribution in [2.24, 2.45) is 0 Å². The monoisotopic (exact) mass is 534 g/mol. The molecule has 37 heavy (non-hydrogen) atoms. The molecule has 4 heterocycles. The van der Waals surface area contributed by atoms with Gasteiger partial charge in [-0.3, -0.25) is 4.79 Å². The van der Waals surface area contributed by atoms with Crippen molar-refractivity contribution in [2.45, 2.75) is 18.8 Å². The average Bonchev–Trinajstić information content (AvgIpc) is 3.62. The number of amides is 1. The molecule has 1 aromatic carbocycles. The molecule has 194 valence electrons. The summed E-state index contributed by atoms with van der Waals surface area (Å²) >= 11 is 1.05. The summed E-state index contributed by atoms with van der Waals surface area (Å²) < 4.78 is 57.8. The molecule has 1 aliphatic rings. The molecule has 1 saturated heterocycles. The standard InChI is InChI=1S/C25H23F4N5O2S/c26-19-5-6-33(13-19)7-8-36-20-3-1-16(2-4-20)18-10-30-23-21(11-32-34(23)12-18)17-9-22(37-14-17)24(35)31-15-25(27,28)29/h1-4,9-12,14,19H,5-8,13,15H2,(H,31,35)/p+1/t19-/m0/s1. The van der Waals surface area contributed by atoms with Gasteiger partial charge in [0, 0.05) is 29.9 Å². The molecule has 12 heteroatoms. The van der Waals surface area contributed by atoms with Gasteiger partial charge >= 0.3 is 6.18 Å². The van der Waals surface area contributed by atoms with Crippen LogP contribution in [0.1, 0.15) is 16.1 Å². The first-order chi connectivity index (χ1) is 17.7. The molecule has 7 nitrogen and oxygen atoms in total. The molecular weight excluding hydrogens is 510 g/mol. The summed E-state index contributed by atoms with van der Waals surface area (Å²) in [5.74, 6) is -0.0412. The molecule has 0 saturated carbocycles. The summed E-state index contributed by atoms with van der Waals surface area (Å²) in [7, 11) is 0. The minimum absolute atomic E-state index is 0.172. The maximum Gasteiger partial charge on any atom is 0.405 e. The molecule has 2 atom stereocenters. The Morgan fingerprint density at radius 3 is 2.73 bits per heavy atom. The second-order valence-electron chi connectivity index (χ2n) is 8.88. The van der Waals surface area contributed by atoms with Crippen LogP contribution in [-0.2, 0) is 0 Å². The van der Waals surface area contributed by atoms with E-state index >= 15 is 0 Å². The van der Waals surface area contributed by atoms with Gasteiger partial charge in [0.05, 0.1) is 17.6 Å². The van der Waals surface area contributed by atoms with Gasteiger partial charge in [-0.1, -0.05) is 12.1 Å². The van der Waals surface area contributed by atoms with Gasteiger partial charge in [-0.25, -0.2) is 13.9 Å². The lowest BCUT2D eigenvalue weighted by Crippen LogP contribution is -3.11. The van der Waals surface area contributed by atoms with E-state index in [1.54, 1.807) is 22.3 Å². The number of alkyl halides is 4. The third kappa shape index (κ3) is 6.08. The topological polar surface area (TPSA) is 73.0 Å². The Balaban J connectivity index is 1.24. The Hall–Kier alpha value is -3.51. The molecule has 0 bridgehead atoms. The Bertz CT molecular complexity index is 1390. The van der Waals surface area contributed by atoms with Crippen LogP contribution in [0, 0.1) is 0 Å². The van der Waals surface area contributed by atoms with Crippen molar-refractivity contribution in [1.29, 1.82) is 0 Å². The highest BCUT2D eigenvalue weighted by atomic mass is 32.1. The maximum absolute atomic E-state index is 13.3. The highest BCUT2D eigenvalue weighted by Crippen LogP contribution is 2.30. The molecule has 1 aliphatic heterocycles. The van der Waals surface area contributed by atoms with Crippen LogP contribution in [0.2, 0.25) is 0 Å². The lowest BCUT2D eigenvalue weighted by atomic mass is 10.1. The molecule has 0 aliphatic carbocycles. The summed E-state index contributed by atoms with van der Waals surface area (Å²) in [5, 5.41) is 7.93. The number of fused-ring (bicyclic) bond motifs is 1. The summed E-state index contributed by atoms with van der Waals surface area (Å²) in [6.45, 7) is 1.32. The van der Waals surface area contributed by atoms with Crippen LogP contribution in [0.4, 0.5) is 17.6 Å². The number of quaternary nitrogens is 1. The number of benzene rings is 1. The van der Waals surface area contributed by atoms with E-state index in [9.17, 15) is 22.4 Å². The first-order valence-electron chi connectivity index (χ1n) is 11.7. The van der Waals surface area contributed by atoms with E-state index in [1.807, 2.05) is 35.8 Å². The number of hydrogen-bond acceptors (Lipinski definition) is 5. The fraction of sp³-hybridized carbons (Fsp3) is 0.320. The summed E-state index contributed by atoms with van der Waals surface area (Å²) in [6, 6.07) is 9.13. The molecular formula is C25H24F4N5O2S+. The summed E-state index contributed by atoms with van der Waals surface area (Å²) in [6.07, 6.45) is 0.598. The van der Waals surface area contributed by atoms with E-state index in [2.05, 4.69) is 10.1 Å². The lowest BCUT2D eigenvalue weighted by Gasteiger charge is -2.13. The molecule has 1 unspecified atom stereocenters. The van der Waals surface area contributed by atoms with Gasteiger partial charge in [-0.05, 0) is 34.7 Å². The number of carbonyl (C=O) groups is 1. The van der Waals surface area contributed by atoms with Gasteiger partial charge in [0.2, 0.25) is 0 Å². The van der Waals surface area contributed by atoms with E-state index in [4.69, 9.17) is 4.74 Å². The number of aromatic nitrogens is 3. The highest BCUT2D eigenvalue weighted by molar-refractivity contribution is 7.12. The zero-order valence-corrected chi connectivity index (χ0v) is 20.4. The van der Waals surface area contributed by atoms with Crippen LogP contribution in [0.5, 0.6) is 5.75 Å². The fourth-order valence-corrected chi connectivity index (χ4v) is 5.08. The average molecular weight is 535 g/mol. The van der Waals surface area contributed by atoms with Crippen LogP contribution in [0.25, 0.3) is 27.9 Å². The van der Waals surface area contributed by atoms with Gasteiger partial charge in [0.15, 0.2) is 11.8 Å². The van der Waals surface area contributed by atoms with E-state index in [-0.39, 0.29) is 4.88 Å². The number of rotatable bonds is 8. The third-order valence-corrected chi connectivity index (χ3v) is 7.10. The van der Waals surface area contributed by atoms with Crippen LogP contribution in [0.15, 0.2) is 54.3 Å². The quantitative estimate of drug-likeness (QED) is 0.340. The van der Waals surface area contributed by atoms with Crippen molar-refractivity contribution in [2.75, 3.05) is 32.8 Å². The Labute approximate surface area is 213 Å². The number of carbonyl (C=O) groups excluding carboxylic acids is 1. The van der Waals surface area contributed by atoms with E-state index in [0.29, 0.717) is 36.3 Å². The molecule has 2 N–H and O–H groups in total. The van der Waals surface area contributed by atoms with Gasteiger partial charge in [-0.15, -0.1) is 11.3 Å². The van der Waals surface area contributed by atoms with Gasteiger partial charge in [0.25, 0.3) is 5.91 Å². The largest absolute Gasteiger partial charge is 0.488 e. The van der Waals surface area contributed by atoms with Crippen molar-refractivity contribution < 1.29 is 32.0 Å². The number of ether oxygens (including phenoxy) is 1. The Kier molecular flexibility index (Phi) is 7.11. The second kappa shape index (κ2) is 10.5. The number of nitrogens with one attached hydrogen (secondary N) is 2. The van der Waals surface area contributed by atoms with Gasteiger partial charge in [0.1, 0.15) is 32.0 Å². The zero-order chi connectivity index (χ0) is 26.0. The molecule has 0 spiro atoms. The normalized spacial score (nSPS) is 17.8. The minimum atomic E-state index is -4.47. The molecule has 1 amide bonds. The molecule has 1 fully saturated rings. The lowest BCUT2D eigenvalue weighted by molar-refractivity contribution is -0.888. The maximum atomic E-state index is 13.3. The van der Waals surface area contributed by atoms with Crippen molar-refractivity contribution in [3.05, 3.63) is 59.2 Å². The Morgan fingerprint density at radius 2 is 2.00 bits per heavy atom. The summed E-state index contributed by atoms with van der Waals surface area (Å²) in [5.41, 5.74) is 3.63.